The Bertz CT molecular complexity index is 465. The minimum Gasteiger partial charge on any atom is -0.486 e. The summed E-state index contributed by atoms with van der Waals surface area (Å²) in [6, 6.07) is 7.15. The zero-order valence-electron chi connectivity index (χ0n) is 9.07. The number of hydrogen-bond donors (Lipinski definition) is 1. The molecule has 1 aliphatic heterocycles. The number of rotatable bonds is 0. The van der Waals surface area contributed by atoms with E-state index >= 15 is 0 Å². The first-order valence-corrected chi connectivity index (χ1v) is 5.92. The molecule has 1 heterocycles. The van der Waals surface area contributed by atoms with Gasteiger partial charge < -0.3 is 9.84 Å². The summed E-state index contributed by atoms with van der Waals surface area (Å²) in [6.07, 6.45) is -0.660. The Morgan fingerprint density at radius 2 is 2.19 bits per heavy atom. The highest BCUT2D eigenvalue weighted by Crippen LogP contribution is 2.43. The van der Waals surface area contributed by atoms with E-state index in [-0.39, 0.29) is 4.83 Å². The van der Waals surface area contributed by atoms with Gasteiger partial charge in [-0.05, 0) is 32.0 Å². The van der Waals surface area contributed by atoms with E-state index in [0.29, 0.717) is 16.9 Å². The number of alkyl halides is 1. The second-order valence-electron chi connectivity index (χ2n) is 4.42. The van der Waals surface area contributed by atoms with Gasteiger partial charge in [-0.25, -0.2) is 0 Å². The molecule has 0 aromatic heterocycles. The predicted molar refractivity (Wildman–Crippen MR) is 63.5 cm³/mol. The molecular formula is C12H12BrNO2. The lowest BCUT2D eigenvalue weighted by Crippen LogP contribution is -2.45. The molecular weight excluding hydrogens is 270 g/mol. The molecule has 1 aliphatic rings. The van der Waals surface area contributed by atoms with Crippen molar-refractivity contribution in [3.63, 3.8) is 0 Å². The Morgan fingerprint density at radius 1 is 1.50 bits per heavy atom. The second kappa shape index (κ2) is 3.76. The molecule has 0 radical (unpaired) electrons. The van der Waals surface area contributed by atoms with Gasteiger partial charge >= 0.3 is 0 Å². The summed E-state index contributed by atoms with van der Waals surface area (Å²) < 4.78 is 5.79. The molecule has 1 aromatic carbocycles. The van der Waals surface area contributed by atoms with Crippen molar-refractivity contribution >= 4 is 15.9 Å². The molecule has 0 saturated heterocycles. The Kier molecular flexibility index (Phi) is 2.69. The summed E-state index contributed by atoms with van der Waals surface area (Å²) >= 11 is 3.43. The zero-order chi connectivity index (χ0) is 11.9. The molecule has 0 unspecified atom stereocenters. The molecule has 0 bridgehead atoms. The van der Waals surface area contributed by atoms with Gasteiger partial charge in [0, 0.05) is 5.56 Å². The van der Waals surface area contributed by atoms with E-state index in [1.54, 1.807) is 18.2 Å². The van der Waals surface area contributed by atoms with Crippen LogP contribution in [0.3, 0.4) is 0 Å². The minimum absolute atomic E-state index is 0.193. The van der Waals surface area contributed by atoms with Crippen molar-refractivity contribution in [1.82, 2.24) is 0 Å². The highest BCUT2D eigenvalue weighted by molar-refractivity contribution is 9.09. The first-order valence-electron chi connectivity index (χ1n) is 5.01. The van der Waals surface area contributed by atoms with Gasteiger partial charge in [0.25, 0.3) is 0 Å². The van der Waals surface area contributed by atoms with Crippen LogP contribution in [0.2, 0.25) is 0 Å². The van der Waals surface area contributed by atoms with E-state index in [9.17, 15) is 5.11 Å². The van der Waals surface area contributed by atoms with Crippen molar-refractivity contribution in [3.05, 3.63) is 29.3 Å². The summed E-state index contributed by atoms with van der Waals surface area (Å²) in [5.41, 5.74) is 0.724. The van der Waals surface area contributed by atoms with Gasteiger partial charge in [0.05, 0.1) is 22.6 Å². The molecule has 0 amide bonds. The van der Waals surface area contributed by atoms with Crippen molar-refractivity contribution < 1.29 is 9.84 Å². The number of hydrogen-bond acceptors (Lipinski definition) is 3. The van der Waals surface area contributed by atoms with Gasteiger partial charge in [-0.3, -0.25) is 0 Å². The molecule has 0 aliphatic carbocycles. The first kappa shape index (κ1) is 11.4. The number of aliphatic hydroxyl groups excluding tert-OH is 1. The first-order chi connectivity index (χ1) is 7.45. The summed E-state index contributed by atoms with van der Waals surface area (Å²) in [7, 11) is 0. The lowest BCUT2D eigenvalue weighted by molar-refractivity contribution is 0.0225. The van der Waals surface area contributed by atoms with Crippen LogP contribution in [0.5, 0.6) is 5.75 Å². The third-order valence-electron chi connectivity index (χ3n) is 2.77. The lowest BCUT2D eigenvalue weighted by atomic mass is 9.91. The van der Waals surface area contributed by atoms with Crippen LogP contribution < -0.4 is 4.74 Å². The average molecular weight is 282 g/mol. The van der Waals surface area contributed by atoms with Gasteiger partial charge in [0.15, 0.2) is 0 Å². The third-order valence-corrected chi connectivity index (χ3v) is 4.38. The van der Waals surface area contributed by atoms with Gasteiger partial charge in [-0.1, -0.05) is 15.9 Å². The predicted octanol–water partition coefficient (Wildman–Crippen LogP) is 2.53. The van der Waals surface area contributed by atoms with Crippen molar-refractivity contribution in [2.75, 3.05) is 0 Å². The maximum Gasteiger partial charge on any atom is 0.126 e. The van der Waals surface area contributed by atoms with Crippen LogP contribution in [-0.4, -0.2) is 15.5 Å². The fourth-order valence-electron chi connectivity index (χ4n) is 1.82. The Labute approximate surface area is 103 Å². The minimum atomic E-state index is -0.660. The van der Waals surface area contributed by atoms with Crippen molar-refractivity contribution in [1.29, 1.82) is 5.26 Å². The molecule has 2 rings (SSSR count). The van der Waals surface area contributed by atoms with Gasteiger partial charge in [0.2, 0.25) is 0 Å². The summed E-state index contributed by atoms with van der Waals surface area (Å²) in [5.74, 6) is 0.646. The Balaban J connectivity index is 2.52. The lowest BCUT2D eigenvalue weighted by Gasteiger charge is -2.40. The number of nitrogens with zero attached hydrogens (tertiary/aromatic N) is 1. The van der Waals surface area contributed by atoms with Crippen LogP contribution in [0, 0.1) is 11.3 Å². The zero-order valence-corrected chi connectivity index (χ0v) is 10.7. The van der Waals surface area contributed by atoms with E-state index < -0.39 is 11.7 Å². The number of ether oxygens (including phenoxy) is 1. The number of aliphatic hydroxyl groups is 1. The molecule has 1 N–H and O–H groups in total. The Morgan fingerprint density at radius 3 is 2.81 bits per heavy atom. The Hall–Kier alpha value is -1.05. The van der Waals surface area contributed by atoms with Crippen LogP contribution >= 0.6 is 15.9 Å². The molecule has 3 nitrogen and oxygen atoms in total. The quantitative estimate of drug-likeness (QED) is 0.744. The van der Waals surface area contributed by atoms with Gasteiger partial charge in [-0.15, -0.1) is 0 Å². The number of fused-ring (bicyclic) bond motifs is 1. The van der Waals surface area contributed by atoms with Crippen LogP contribution in [0.25, 0.3) is 0 Å². The fourth-order valence-corrected chi connectivity index (χ4v) is 2.20. The van der Waals surface area contributed by atoms with Crippen LogP contribution in [0.15, 0.2) is 18.2 Å². The van der Waals surface area contributed by atoms with E-state index in [4.69, 9.17) is 10.00 Å². The normalized spacial score (nSPS) is 26.4. The highest BCUT2D eigenvalue weighted by atomic mass is 79.9. The summed E-state index contributed by atoms with van der Waals surface area (Å²) in [5, 5.41) is 19.0. The van der Waals surface area contributed by atoms with Gasteiger partial charge in [0.1, 0.15) is 11.4 Å². The molecule has 2 atom stereocenters. The van der Waals surface area contributed by atoms with E-state index in [0.717, 1.165) is 0 Å². The molecule has 0 fully saturated rings. The summed E-state index contributed by atoms with van der Waals surface area (Å²) in [4.78, 5) is -0.193. The number of benzene rings is 1. The smallest absolute Gasteiger partial charge is 0.126 e. The molecule has 16 heavy (non-hydrogen) atoms. The van der Waals surface area contributed by atoms with Crippen LogP contribution in [0.4, 0.5) is 0 Å². The molecule has 0 saturated carbocycles. The third kappa shape index (κ3) is 1.70. The number of halogens is 1. The second-order valence-corrected chi connectivity index (χ2v) is 5.40. The van der Waals surface area contributed by atoms with Crippen molar-refractivity contribution in [3.8, 4) is 11.8 Å². The highest BCUT2D eigenvalue weighted by Gasteiger charge is 2.41. The van der Waals surface area contributed by atoms with E-state index in [1.807, 2.05) is 13.8 Å². The fraction of sp³-hybridized carbons (Fsp3) is 0.417. The monoisotopic (exact) mass is 281 g/mol. The standard InChI is InChI=1S/C12H12BrNO2/c1-12(2)11(13)10(15)8-5-7(6-14)3-4-9(8)16-12/h3-5,10-11,15H,1-2H3/t10-,11+/m0/s1. The molecule has 84 valence electrons. The molecule has 0 spiro atoms. The maximum absolute atomic E-state index is 10.1. The maximum atomic E-state index is 10.1. The van der Waals surface area contributed by atoms with Gasteiger partial charge in [-0.2, -0.15) is 5.26 Å². The van der Waals surface area contributed by atoms with Crippen molar-refractivity contribution in [2.24, 2.45) is 0 Å². The van der Waals surface area contributed by atoms with E-state index in [1.165, 1.54) is 0 Å². The average Bonchev–Trinajstić information content (AvgIpc) is 2.25. The molecule has 4 heteroatoms. The van der Waals surface area contributed by atoms with E-state index in [2.05, 4.69) is 22.0 Å². The largest absolute Gasteiger partial charge is 0.486 e. The summed E-state index contributed by atoms with van der Waals surface area (Å²) in [6.45, 7) is 3.83. The van der Waals surface area contributed by atoms with Crippen LogP contribution in [0.1, 0.15) is 31.1 Å². The topological polar surface area (TPSA) is 53.2 Å². The van der Waals surface area contributed by atoms with Crippen LogP contribution in [-0.2, 0) is 0 Å². The molecule has 1 aromatic rings. The SMILES string of the molecule is CC1(C)Oc2ccc(C#N)cc2[C@H](O)[C@H]1Br. The van der Waals surface area contributed by atoms with Crippen molar-refractivity contribution in [2.45, 2.75) is 30.4 Å². The number of nitriles is 1.